The molecule has 1 N–H and O–H groups in total. The Bertz CT molecular complexity index is 412. The number of carboxylic acid groups (broad SMARTS) is 1. The van der Waals surface area contributed by atoms with E-state index in [2.05, 4.69) is 0 Å². The summed E-state index contributed by atoms with van der Waals surface area (Å²) in [6, 6.07) is 3.36. The number of likely N-dealkylation sites (tertiary alicyclic amines) is 1. The first-order chi connectivity index (χ1) is 8.58. The SMILES string of the molecule is O=C(O)c1cccn1C1CCN(CC(F)F)CC1. The van der Waals surface area contributed by atoms with Crippen LogP contribution in [0.4, 0.5) is 8.78 Å². The molecule has 100 valence electrons. The molecule has 0 aromatic carbocycles. The van der Waals surface area contributed by atoms with Gasteiger partial charge in [-0.15, -0.1) is 0 Å². The highest BCUT2D eigenvalue weighted by molar-refractivity contribution is 5.85. The average Bonchev–Trinajstić information content (AvgIpc) is 2.78. The number of alkyl halides is 2. The fourth-order valence-corrected chi connectivity index (χ4v) is 2.47. The van der Waals surface area contributed by atoms with Gasteiger partial charge in [0, 0.05) is 25.3 Å². The number of rotatable bonds is 4. The van der Waals surface area contributed by atoms with Gasteiger partial charge in [0.1, 0.15) is 5.69 Å². The molecule has 2 heterocycles. The largest absolute Gasteiger partial charge is 0.477 e. The van der Waals surface area contributed by atoms with Gasteiger partial charge < -0.3 is 9.67 Å². The van der Waals surface area contributed by atoms with Crippen molar-refractivity contribution >= 4 is 5.97 Å². The zero-order valence-corrected chi connectivity index (χ0v) is 9.93. The number of aromatic nitrogens is 1. The molecule has 0 atom stereocenters. The fourth-order valence-electron chi connectivity index (χ4n) is 2.47. The Hall–Kier alpha value is -1.43. The van der Waals surface area contributed by atoms with Crippen molar-refractivity contribution in [3.8, 4) is 0 Å². The Morgan fingerprint density at radius 2 is 2.11 bits per heavy atom. The van der Waals surface area contributed by atoms with E-state index in [1.54, 1.807) is 27.8 Å². The lowest BCUT2D eigenvalue weighted by Gasteiger charge is -2.32. The van der Waals surface area contributed by atoms with Gasteiger partial charge in [-0.05, 0) is 25.0 Å². The molecule has 0 radical (unpaired) electrons. The molecule has 0 amide bonds. The fraction of sp³-hybridized carbons (Fsp3) is 0.583. The number of piperidine rings is 1. The number of aromatic carboxylic acids is 1. The van der Waals surface area contributed by atoms with Crippen molar-refractivity contribution in [2.75, 3.05) is 19.6 Å². The monoisotopic (exact) mass is 258 g/mol. The molecule has 0 saturated carbocycles. The Balaban J connectivity index is 1.97. The molecule has 1 fully saturated rings. The van der Waals surface area contributed by atoms with E-state index in [1.807, 2.05) is 0 Å². The molecule has 1 aliphatic heterocycles. The molecule has 2 rings (SSSR count). The minimum Gasteiger partial charge on any atom is -0.477 e. The van der Waals surface area contributed by atoms with Crippen molar-refractivity contribution in [2.24, 2.45) is 0 Å². The van der Waals surface area contributed by atoms with Gasteiger partial charge in [0.15, 0.2) is 0 Å². The molecular weight excluding hydrogens is 242 g/mol. The summed E-state index contributed by atoms with van der Waals surface area (Å²) in [5.41, 5.74) is 0.266. The van der Waals surface area contributed by atoms with Gasteiger partial charge in [-0.2, -0.15) is 0 Å². The molecule has 0 aliphatic carbocycles. The summed E-state index contributed by atoms with van der Waals surface area (Å²) >= 11 is 0. The topological polar surface area (TPSA) is 45.5 Å². The van der Waals surface area contributed by atoms with E-state index >= 15 is 0 Å². The van der Waals surface area contributed by atoms with E-state index in [1.165, 1.54) is 0 Å². The Kier molecular flexibility index (Phi) is 3.96. The summed E-state index contributed by atoms with van der Waals surface area (Å²) in [4.78, 5) is 12.7. The number of halogens is 2. The Labute approximate surface area is 104 Å². The van der Waals surface area contributed by atoms with Crippen LogP contribution in [0.1, 0.15) is 29.4 Å². The third kappa shape index (κ3) is 2.87. The quantitative estimate of drug-likeness (QED) is 0.899. The standard InChI is InChI=1S/C12H16F2N2O2/c13-11(14)8-15-6-3-9(4-7-15)16-5-1-2-10(16)12(17)18/h1-2,5,9,11H,3-4,6-8H2,(H,17,18). The van der Waals surface area contributed by atoms with Crippen molar-refractivity contribution < 1.29 is 18.7 Å². The molecule has 18 heavy (non-hydrogen) atoms. The molecule has 1 aromatic heterocycles. The van der Waals surface area contributed by atoms with Gasteiger partial charge in [-0.3, -0.25) is 4.90 Å². The third-order valence-electron chi connectivity index (χ3n) is 3.34. The summed E-state index contributed by atoms with van der Waals surface area (Å²) in [7, 11) is 0. The van der Waals surface area contributed by atoms with Gasteiger partial charge in [0.2, 0.25) is 0 Å². The zero-order chi connectivity index (χ0) is 13.1. The summed E-state index contributed by atoms with van der Waals surface area (Å²) < 4.78 is 26.2. The van der Waals surface area contributed by atoms with E-state index < -0.39 is 12.4 Å². The third-order valence-corrected chi connectivity index (χ3v) is 3.34. The van der Waals surface area contributed by atoms with Crippen LogP contribution < -0.4 is 0 Å². The van der Waals surface area contributed by atoms with Crippen molar-refractivity contribution in [2.45, 2.75) is 25.3 Å². The number of hydrogen-bond acceptors (Lipinski definition) is 2. The van der Waals surface area contributed by atoms with Gasteiger partial charge in [0.25, 0.3) is 6.43 Å². The maximum absolute atomic E-state index is 12.2. The second-order valence-corrected chi connectivity index (χ2v) is 4.53. The van der Waals surface area contributed by atoms with Crippen LogP contribution in [0, 0.1) is 0 Å². The first-order valence-electron chi connectivity index (χ1n) is 5.98. The van der Waals surface area contributed by atoms with Crippen LogP contribution in [0.5, 0.6) is 0 Å². The minimum absolute atomic E-state index is 0.0972. The van der Waals surface area contributed by atoms with Crippen molar-refractivity contribution in [1.29, 1.82) is 0 Å². The van der Waals surface area contributed by atoms with Crippen LogP contribution in [-0.4, -0.2) is 46.6 Å². The molecular formula is C12H16F2N2O2. The van der Waals surface area contributed by atoms with Crippen molar-refractivity contribution in [3.05, 3.63) is 24.0 Å². The lowest BCUT2D eigenvalue weighted by Crippen LogP contribution is -2.37. The maximum atomic E-state index is 12.2. The van der Waals surface area contributed by atoms with Crippen LogP contribution in [-0.2, 0) is 0 Å². The molecule has 1 saturated heterocycles. The highest BCUT2D eigenvalue weighted by Gasteiger charge is 2.24. The van der Waals surface area contributed by atoms with Crippen LogP contribution in [0.2, 0.25) is 0 Å². The molecule has 6 heteroatoms. The average molecular weight is 258 g/mol. The summed E-state index contributed by atoms with van der Waals surface area (Å²) in [5.74, 6) is -0.949. The van der Waals surface area contributed by atoms with Gasteiger partial charge >= 0.3 is 5.97 Å². The lowest BCUT2D eigenvalue weighted by atomic mass is 10.0. The number of hydrogen-bond donors (Lipinski definition) is 1. The Morgan fingerprint density at radius 1 is 1.44 bits per heavy atom. The molecule has 0 bridgehead atoms. The highest BCUT2D eigenvalue weighted by atomic mass is 19.3. The van der Waals surface area contributed by atoms with Gasteiger partial charge in [-0.1, -0.05) is 0 Å². The first kappa shape index (κ1) is 13.0. The smallest absolute Gasteiger partial charge is 0.352 e. The normalized spacial score (nSPS) is 18.4. The molecule has 1 aromatic rings. The minimum atomic E-state index is -2.30. The van der Waals surface area contributed by atoms with Gasteiger partial charge in [-0.25, -0.2) is 13.6 Å². The van der Waals surface area contributed by atoms with E-state index in [0.29, 0.717) is 25.9 Å². The lowest BCUT2D eigenvalue weighted by molar-refractivity contribution is 0.0649. The zero-order valence-electron chi connectivity index (χ0n) is 9.93. The maximum Gasteiger partial charge on any atom is 0.352 e. The molecule has 0 spiro atoms. The highest BCUT2D eigenvalue weighted by Crippen LogP contribution is 2.24. The molecule has 0 unspecified atom stereocenters. The summed E-state index contributed by atoms with van der Waals surface area (Å²) in [6.45, 7) is 0.989. The van der Waals surface area contributed by atoms with Crippen LogP contribution in [0.15, 0.2) is 18.3 Å². The number of carboxylic acids is 1. The molecule has 4 nitrogen and oxygen atoms in total. The van der Waals surface area contributed by atoms with E-state index in [4.69, 9.17) is 5.11 Å². The summed E-state index contributed by atoms with van der Waals surface area (Å²) in [5, 5.41) is 9.03. The van der Waals surface area contributed by atoms with E-state index in [0.717, 1.165) is 0 Å². The molecule has 1 aliphatic rings. The van der Waals surface area contributed by atoms with E-state index in [-0.39, 0.29) is 18.3 Å². The van der Waals surface area contributed by atoms with Crippen LogP contribution >= 0.6 is 0 Å². The second-order valence-electron chi connectivity index (χ2n) is 4.53. The van der Waals surface area contributed by atoms with Crippen LogP contribution in [0.25, 0.3) is 0 Å². The summed E-state index contributed by atoms with van der Waals surface area (Å²) in [6.07, 6.45) is 0.864. The van der Waals surface area contributed by atoms with Crippen LogP contribution in [0.3, 0.4) is 0 Å². The van der Waals surface area contributed by atoms with Gasteiger partial charge in [0.05, 0.1) is 6.54 Å². The first-order valence-corrected chi connectivity index (χ1v) is 5.98. The number of carbonyl (C=O) groups is 1. The second kappa shape index (κ2) is 5.48. The van der Waals surface area contributed by atoms with Crippen molar-refractivity contribution in [1.82, 2.24) is 9.47 Å². The van der Waals surface area contributed by atoms with E-state index in [9.17, 15) is 13.6 Å². The number of nitrogens with zero attached hydrogens (tertiary/aromatic N) is 2. The van der Waals surface area contributed by atoms with Crippen molar-refractivity contribution in [3.63, 3.8) is 0 Å². The predicted octanol–water partition coefficient (Wildman–Crippen LogP) is 2.09. The Morgan fingerprint density at radius 3 is 2.67 bits per heavy atom. The predicted molar refractivity (Wildman–Crippen MR) is 62.1 cm³/mol.